The minimum absolute atomic E-state index is 0.0456. The summed E-state index contributed by atoms with van der Waals surface area (Å²) < 4.78 is 33.4. The molecule has 0 fully saturated rings. The summed E-state index contributed by atoms with van der Waals surface area (Å²) in [6.07, 6.45) is -2.77. The molecule has 28 heavy (non-hydrogen) atoms. The molecular weight excluding hydrogens is 384 g/mol. The highest BCUT2D eigenvalue weighted by molar-refractivity contribution is 7.19. The Labute approximate surface area is 165 Å². The largest absolute Gasteiger partial charge is 0.489 e. The Balaban J connectivity index is 1.91. The van der Waals surface area contributed by atoms with E-state index in [1.54, 1.807) is 18.2 Å². The molecule has 0 spiro atoms. The molecule has 1 heterocycles. The molecule has 0 bridgehead atoms. The first-order valence-corrected chi connectivity index (χ1v) is 9.58. The van der Waals surface area contributed by atoms with E-state index in [4.69, 9.17) is 4.74 Å². The highest BCUT2D eigenvalue weighted by atomic mass is 32.1. The van der Waals surface area contributed by atoms with Crippen LogP contribution < -0.4 is 10.1 Å². The molecular formula is C21H21F2NO3S. The number of amides is 1. The lowest BCUT2D eigenvalue weighted by atomic mass is 10.1. The molecule has 0 unspecified atom stereocenters. The molecule has 7 heteroatoms. The fraction of sp³-hybridized carbons (Fsp3) is 0.286. The summed E-state index contributed by atoms with van der Waals surface area (Å²) >= 11 is 0.888. The zero-order chi connectivity index (χ0) is 20.3. The molecule has 0 aliphatic heterocycles. The summed E-state index contributed by atoms with van der Waals surface area (Å²) in [7, 11) is 0. The molecule has 0 saturated heterocycles. The van der Waals surface area contributed by atoms with Crippen LogP contribution in [0.4, 0.5) is 8.78 Å². The lowest BCUT2D eigenvalue weighted by molar-refractivity contribution is 0.0692. The Morgan fingerprint density at radius 3 is 2.57 bits per heavy atom. The van der Waals surface area contributed by atoms with E-state index in [2.05, 4.69) is 5.32 Å². The van der Waals surface area contributed by atoms with Crippen LogP contribution in [-0.2, 0) is 6.61 Å². The number of carbonyl (C=O) groups excluding carboxylic acids is 1. The molecule has 2 N–H and O–H groups in total. The quantitative estimate of drug-likeness (QED) is 0.587. The lowest BCUT2D eigenvalue weighted by Crippen LogP contribution is -2.38. The molecule has 0 saturated carbocycles. The second-order valence-corrected chi connectivity index (χ2v) is 8.15. The number of aliphatic hydroxyl groups is 1. The number of hydrogen-bond acceptors (Lipinski definition) is 4. The van der Waals surface area contributed by atoms with Gasteiger partial charge in [0.1, 0.15) is 12.4 Å². The van der Waals surface area contributed by atoms with Crippen LogP contribution in [0.5, 0.6) is 5.75 Å². The number of fused-ring (bicyclic) bond motifs is 1. The fourth-order valence-electron chi connectivity index (χ4n) is 2.70. The van der Waals surface area contributed by atoms with E-state index in [1.165, 1.54) is 13.8 Å². The highest BCUT2D eigenvalue weighted by Gasteiger charge is 2.26. The van der Waals surface area contributed by atoms with Gasteiger partial charge in [0.15, 0.2) is 0 Å². The zero-order valence-corrected chi connectivity index (χ0v) is 16.4. The van der Waals surface area contributed by atoms with Crippen molar-refractivity contribution in [1.29, 1.82) is 0 Å². The highest BCUT2D eigenvalue weighted by Crippen LogP contribution is 2.39. The van der Waals surface area contributed by atoms with E-state index in [0.29, 0.717) is 22.4 Å². The first-order chi connectivity index (χ1) is 13.2. The summed E-state index contributed by atoms with van der Waals surface area (Å²) in [5.41, 5.74) is -0.232. The van der Waals surface area contributed by atoms with Gasteiger partial charge in [0, 0.05) is 16.6 Å². The number of ether oxygens (including phenoxy) is 1. The molecule has 148 valence electrons. The molecule has 0 atom stereocenters. The first-order valence-electron chi connectivity index (χ1n) is 8.76. The van der Waals surface area contributed by atoms with Crippen LogP contribution in [0.25, 0.3) is 10.1 Å². The third kappa shape index (κ3) is 4.85. The number of rotatable bonds is 7. The van der Waals surface area contributed by atoms with Crippen LogP contribution in [0, 0.1) is 0 Å². The first kappa shape index (κ1) is 20.2. The normalized spacial score (nSPS) is 11.8. The van der Waals surface area contributed by atoms with Gasteiger partial charge < -0.3 is 15.2 Å². The average Bonchev–Trinajstić information content (AvgIpc) is 3.04. The van der Waals surface area contributed by atoms with E-state index in [9.17, 15) is 18.7 Å². The van der Waals surface area contributed by atoms with Crippen molar-refractivity contribution in [1.82, 2.24) is 5.32 Å². The molecule has 0 aliphatic carbocycles. The van der Waals surface area contributed by atoms with Gasteiger partial charge in [-0.2, -0.15) is 0 Å². The van der Waals surface area contributed by atoms with Gasteiger partial charge in [-0.15, -0.1) is 11.3 Å². The maximum absolute atomic E-state index is 13.5. The second-order valence-electron chi connectivity index (χ2n) is 7.07. The van der Waals surface area contributed by atoms with Gasteiger partial charge in [-0.3, -0.25) is 4.79 Å². The summed E-state index contributed by atoms with van der Waals surface area (Å²) in [6, 6.07) is 14.6. The van der Waals surface area contributed by atoms with E-state index in [0.717, 1.165) is 16.9 Å². The predicted octanol–water partition coefficient (Wildman–Crippen LogP) is 4.92. The number of alkyl halides is 2. The van der Waals surface area contributed by atoms with E-state index in [1.807, 2.05) is 30.3 Å². The Morgan fingerprint density at radius 2 is 1.93 bits per heavy atom. The molecule has 0 radical (unpaired) electrons. The summed E-state index contributed by atoms with van der Waals surface area (Å²) in [6.45, 7) is 3.35. The van der Waals surface area contributed by atoms with Crippen molar-refractivity contribution >= 4 is 27.3 Å². The van der Waals surface area contributed by atoms with Crippen LogP contribution in [0.2, 0.25) is 0 Å². The minimum Gasteiger partial charge on any atom is -0.489 e. The smallest absolute Gasteiger partial charge is 0.273 e. The van der Waals surface area contributed by atoms with Crippen LogP contribution in [0.1, 0.15) is 41.1 Å². The average molecular weight is 405 g/mol. The Hall–Kier alpha value is -2.51. The lowest BCUT2D eigenvalue weighted by Gasteiger charge is -2.17. The number of hydrogen-bond donors (Lipinski definition) is 2. The molecule has 1 amide bonds. The number of benzene rings is 2. The van der Waals surface area contributed by atoms with Crippen molar-refractivity contribution in [2.24, 2.45) is 0 Å². The number of halogens is 2. The van der Waals surface area contributed by atoms with Crippen molar-refractivity contribution < 1.29 is 23.4 Å². The summed E-state index contributed by atoms with van der Waals surface area (Å²) in [5, 5.41) is 12.7. The van der Waals surface area contributed by atoms with Gasteiger partial charge in [-0.05, 0) is 37.6 Å². The topological polar surface area (TPSA) is 58.6 Å². The Kier molecular flexibility index (Phi) is 5.96. The second kappa shape index (κ2) is 8.24. The summed E-state index contributed by atoms with van der Waals surface area (Å²) in [5.74, 6) is -0.143. The third-order valence-electron chi connectivity index (χ3n) is 4.04. The molecule has 1 aromatic heterocycles. The van der Waals surface area contributed by atoms with Crippen LogP contribution in [0.3, 0.4) is 0 Å². The van der Waals surface area contributed by atoms with Crippen molar-refractivity contribution in [3.8, 4) is 5.75 Å². The van der Waals surface area contributed by atoms with Gasteiger partial charge in [-0.25, -0.2) is 8.78 Å². The molecule has 3 aromatic rings. The standard InChI is InChI=1S/C21H21F2NO3S/c1-21(2,26)12-24-20(25)17-15-10-14(27-11-13-6-4-3-5-7-13)8-9-16(15)28-18(17)19(22)23/h3-10,19,26H,11-12H2,1-2H3,(H,24,25). The van der Waals surface area contributed by atoms with Gasteiger partial charge in [-0.1, -0.05) is 30.3 Å². The van der Waals surface area contributed by atoms with E-state index >= 15 is 0 Å². The molecule has 3 rings (SSSR count). The number of thiophene rings is 1. The Bertz CT molecular complexity index is 965. The monoisotopic (exact) mass is 405 g/mol. The maximum Gasteiger partial charge on any atom is 0.273 e. The number of carbonyl (C=O) groups is 1. The van der Waals surface area contributed by atoms with Gasteiger partial charge in [0.05, 0.1) is 16.0 Å². The Morgan fingerprint density at radius 1 is 1.21 bits per heavy atom. The third-order valence-corrected chi connectivity index (χ3v) is 5.22. The van der Waals surface area contributed by atoms with Crippen molar-refractivity contribution in [3.05, 3.63) is 64.5 Å². The molecule has 2 aromatic carbocycles. The van der Waals surface area contributed by atoms with Crippen molar-refractivity contribution in [2.75, 3.05) is 6.54 Å². The SMILES string of the molecule is CC(C)(O)CNC(=O)c1c(C(F)F)sc2ccc(OCc3ccccc3)cc12. The predicted molar refractivity (Wildman–Crippen MR) is 106 cm³/mol. The van der Waals surface area contributed by atoms with Crippen LogP contribution >= 0.6 is 11.3 Å². The van der Waals surface area contributed by atoms with Crippen LogP contribution in [-0.4, -0.2) is 23.2 Å². The van der Waals surface area contributed by atoms with E-state index in [-0.39, 0.29) is 17.0 Å². The molecule has 0 aliphatic rings. The summed E-state index contributed by atoms with van der Waals surface area (Å²) in [4.78, 5) is 12.3. The van der Waals surface area contributed by atoms with Gasteiger partial charge >= 0.3 is 0 Å². The minimum atomic E-state index is -2.77. The van der Waals surface area contributed by atoms with Crippen molar-refractivity contribution in [2.45, 2.75) is 32.5 Å². The maximum atomic E-state index is 13.5. The number of nitrogens with one attached hydrogen (secondary N) is 1. The van der Waals surface area contributed by atoms with Crippen molar-refractivity contribution in [3.63, 3.8) is 0 Å². The van der Waals surface area contributed by atoms with E-state index < -0.39 is 17.9 Å². The molecule has 4 nitrogen and oxygen atoms in total. The van der Waals surface area contributed by atoms with Gasteiger partial charge in [0.2, 0.25) is 0 Å². The van der Waals surface area contributed by atoms with Gasteiger partial charge in [0.25, 0.3) is 12.3 Å². The zero-order valence-electron chi connectivity index (χ0n) is 15.5. The fourth-order valence-corrected chi connectivity index (χ4v) is 3.74. The van der Waals surface area contributed by atoms with Crippen LogP contribution in [0.15, 0.2) is 48.5 Å².